The van der Waals surface area contributed by atoms with E-state index in [-0.39, 0.29) is 5.75 Å². The number of hydrogen-bond acceptors (Lipinski definition) is 4. The van der Waals surface area contributed by atoms with Crippen LogP contribution < -0.4 is 20.1 Å². The van der Waals surface area contributed by atoms with E-state index in [0.717, 1.165) is 23.3 Å². The highest BCUT2D eigenvalue weighted by molar-refractivity contribution is 6.31. The first-order valence-corrected chi connectivity index (χ1v) is 9.08. The third-order valence-corrected chi connectivity index (χ3v) is 4.50. The number of ether oxygens (including phenoxy) is 2. The van der Waals surface area contributed by atoms with Crippen molar-refractivity contribution in [2.24, 2.45) is 4.99 Å². The van der Waals surface area contributed by atoms with Gasteiger partial charge in [0.25, 0.3) is 0 Å². The zero-order valence-corrected chi connectivity index (χ0v) is 16.6. The summed E-state index contributed by atoms with van der Waals surface area (Å²) in [5.74, 6) is 2.32. The number of aliphatic imine (C=N–C) groups is 1. The van der Waals surface area contributed by atoms with Crippen LogP contribution in [0, 0.1) is 0 Å². The topological polar surface area (TPSA) is 75.1 Å². The molecule has 0 amide bonds. The number of rotatable bonds is 8. The first kappa shape index (κ1) is 20.7. The van der Waals surface area contributed by atoms with E-state index in [4.69, 9.17) is 21.1 Å². The minimum Gasteiger partial charge on any atom is -0.508 e. The second kappa shape index (κ2) is 10.5. The molecule has 0 spiro atoms. The van der Waals surface area contributed by atoms with E-state index in [0.29, 0.717) is 36.2 Å². The second-order valence-electron chi connectivity index (χ2n) is 5.88. The predicted octanol–water partition coefficient (Wildman–Crippen LogP) is 3.01. The van der Waals surface area contributed by atoms with E-state index in [2.05, 4.69) is 15.6 Å². The Morgan fingerprint density at radius 2 is 1.52 bits per heavy atom. The number of methoxy groups -OCH3 is 2. The summed E-state index contributed by atoms with van der Waals surface area (Å²) in [6.07, 6.45) is 1.43. The third-order valence-electron chi connectivity index (χ3n) is 4.15. The molecule has 0 atom stereocenters. The summed E-state index contributed by atoms with van der Waals surface area (Å²) in [6, 6.07) is 11.0. The molecule has 0 radical (unpaired) electrons. The lowest BCUT2D eigenvalue weighted by Gasteiger charge is -2.13. The molecule has 27 heavy (non-hydrogen) atoms. The molecule has 0 aliphatic rings. The lowest BCUT2D eigenvalue weighted by molar-refractivity contribution is 0.406. The largest absolute Gasteiger partial charge is 0.508 e. The quantitative estimate of drug-likeness (QED) is 0.476. The van der Waals surface area contributed by atoms with E-state index in [1.807, 2.05) is 30.3 Å². The van der Waals surface area contributed by atoms with E-state index >= 15 is 0 Å². The normalized spacial score (nSPS) is 11.2. The summed E-state index contributed by atoms with van der Waals surface area (Å²) < 4.78 is 10.2. The number of hydrogen-bond donors (Lipinski definition) is 3. The lowest BCUT2D eigenvalue weighted by atomic mass is 10.1. The minimum absolute atomic E-state index is 0.230. The molecule has 2 aromatic rings. The van der Waals surface area contributed by atoms with Gasteiger partial charge in [-0.25, -0.2) is 0 Å². The Bertz CT molecular complexity index is 720. The standard InChI is InChI=1S/C20H26ClN3O3/c1-22-20(23-10-8-14-4-6-16(26-2)12-18(14)21)24-11-9-15-5-7-17(27-3)13-19(15)25/h4-7,12-13,25H,8-11H2,1-3H3,(H2,22,23,24). The fourth-order valence-corrected chi connectivity index (χ4v) is 2.86. The van der Waals surface area contributed by atoms with Gasteiger partial charge in [-0.15, -0.1) is 0 Å². The SMILES string of the molecule is CN=C(NCCc1ccc(OC)cc1O)NCCc1ccc(OC)cc1Cl. The maximum Gasteiger partial charge on any atom is 0.190 e. The average molecular weight is 392 g/mol. The molecule has 0 heterocycles. The van der Waals surface area contributed by atoms with Crippen LogP contribution in [-0.2, 0) is 12.8 Å². The van der Waals surface area contributed by atoms with Gasteiger partial charge in [0.15, 0.2) is 5.96 Å². The molecule has 6 nitrogen and oxygen atoms in total. The summed E-state index contributed by atoms with van der Waals surface area (Å²) in [5, 5.41) is 17.2. The Labute approximate surface area is 165 Å². The molecular weight excluding hydrogens is 366 g/mol. The van der Waals surface area contributed by atoms with Crippen LogP contribution in [0.4, 0.5) is 0 Å². The first-order valence-electron chi connectivity index (χ1n) is 8.70. The monoisotopic (exact) mass is 391 g/mol. The van der Waals surface area contributed by atoms with Crippen LogP contribution in [0.1, 0.15) is 11.1 Å². The Hall–Kier alpha value is -2.60. The number of nitrogens with zero attached hydrogens (tertiary/aromatic N) is 1. The average Bonchev–Trinajstić information content (AvgIpc) is 2.68. The molecule has 0 aliphatic carbocycles. The predicted molar refractivity (Wildman–Crippen MR) is 109 cm³/mol. The van der Waals surface area contributed by atoms with Crippen molar-refractivity contribution in [2.75, 3.05) is 34.4 Å². The molecule has 0 saturated carbocycles. The van der Waals surface area contributed by atoms with Crippen LogP contribution in [0.25, 0.3) is 0 Å². The zero-order chi connectivity index (χ0) is 19.6. The molecule has 3 N–H and O–H groups in total. The van der Waals surface area contributed by atoms with E-state index < -0.39 is 0 Å². The summed E-state index contributed by atoms with van der Waals surface area (Å²) in [6.45, 7) is 1.34. The second-order valence-corrected chi connectivity index (χ2v) is 6.28. The highest BCUT2D eigenvalue weighted by atomic mass is 35.5. The van der Waals surface area contributed by atoms with Crippen LogP contribution in [-0.4, -0.2) is 45.4 Å². The van der Waals surface area contributed by atoms with Gasteiger partial charge in [-0.2, -0.15) is 0 Å². The number of aromatic hydroxyl groups is 1. The zero-order valence-electron chi connectivity index (χ0n) is 15.9. The van der Waals surface area contributed by atoms with Crippen molar-refractivity contribution in [3.8, 4) is 17.2 Å². The van der Waals surface area contributed by atoms with Crippen molar-refractivity contribution in [3.05, 3.63) is 52.5 Å². The van der Waals surface area contributed by atoms with Gasteiger partial charge in [-0.3, -0.25) is 4.99 Å². The molecule has 2 aromatic carbocycles. The molecule has 0 unspecified atom stereocenters. The van der Waals surface area contributed by atoms with Crippen molar-refractivity contribution in [1.29, 1.82) is 0 Å². The van der Waals surface area contributed by atoms with Crippen LogP contribution in [0.15, 0.2) is 41.4 Å². The van der Waals surface area contributed by atoms with E-state index in [1.54, 1.807) is 27.3 Å². The fourth-order valence-electron chi connectivity index (χ4n) is 2.59. The van der Waals surface area contributed by atoms with Gasteiger partial charge in [-0.1, -0.05) is 23.7 Å². The Morgan fingerprint density at radius 3 is 2.04 bits per heavy atom. The summed E-state index contributed by atoms with van der Waals surface area (Å²) in [4.78, 5) is 4.21. The molecule has 146 valence electrons. The number of halogens is 1. The Morgan fingerprint density at radius 1 is 0.963 bits per heavy atom. The molecule has 0 saturated heterocycles. The van der Waals surface area contributed by atoms with Crippen LogP contribution in [0.2, 0.25) is 5.02 Å². The molecule has 7 heteroatoms. The highest BCUT2D eigenvalue weighted by Gasteiger charge is 2.05. The smallest absolute Gasteiger partial charge is 0.190 e. The maximum atomic E-state index is 10.0. The van der Waals surface area contributed by atoms with Crippen molar-refractivity contribution < 1.29 is 14.6 Å². The van der Waals surface area contributed by atoms with Gasteiger partial charge in [0.05, 0.1) is 14.2 Å². The van der Waals surface area contributed by atoms with E-state index in [1.165, 1.54) is 0 Å². The maximum absolute atomic E-state index is 10.0. The molecular formula is C20H26ClN3O3. The minimum atomic E-state index is 0.230. The molecule has 0 aromatic heterocycles. The van der Waals surface area contributed by atoms with Crippen LogP contribution in [0.3, 0.4) is 0 Å². The summed E-state index contributed by atoms with van der Waals surface area (Å²) in [5.41, 5.74) is 1.90. The summed E-state index contributed by atoms with van der Waals surface area (Å²) in [7, 11) is 4.92. The number of phenols is 1. The van der Waals surface area contributed by atoms with Crippen molar-refractivity contribution in [1.82, 2.24) is 10.6 Å². The van der Waals surface area contributed by atoms with Crippen molar-refractivity contribution in [3.63, 3.8) is 0 Å². The number of nitrogens with one attached hydrogen (secondary N) is 2. The van der Waals surface area contributed by atoms with Crippen LogP contribution >= 0.6 is 11.6 Å². The third kappa shape index (κ3) is 6.25. The van der Waals surface area contributed by atoms with Gasteiger partial charge < -0.3 is 25.2 Å². The Balaban J connectivity index is 1.77. The van der Waals surface area contributed by atoms with Gasteiger partial charge >= 0.3 is 0 Å². The van der Waals surface area contributed by atoms with Crippen LogP contribution in [0.5, 0.6) is 17.2 Å². The molecule has 0 bridgehead atoms. The van der Waals surface area contributed by atoms with Gasteiger partial charge in [0, 0.05) is 31.2 Å². The van der Waals surface area contributed by atoms with E-state index in [9.17, 15) is 5.11 Å². The highest BCUT2D eigenvalue weighted by Crippen LogP contribution is 2.24. The van der Waals surface area contributed by atoms with Crippen molar-refractivity contribution in [2.45, 2.75) is 12.8 Å². The van der Waals surface area contributed by atoms with Gasteiger partial charge in [-0.05, 0) is 42.2 Å². The molecule has 0 fully saturated rings. The van der Waals surface area contributed by atoms with Gasteiger partial charge in [0.2, 0.25) is 0 Å². The molecule has 2 rings (SSSR count). The fraction of sp³-hybridized carbons (Fsp3) is 0.350. The number of phenolic OH excluding ortho intramolecular Hbond substituents is 1. The van der Waals surface area contributed by atoms with Gasteiger partial charge in [0.1, 0.15) is 17.2 Å². The number of benzene rings is 2. The van der Waals surface area contributed by atoms with Crippen molar-refractivity contribution >= 4 is 17.6 Å². The summed E-state index contributed by atoms with van der Waals surface area (Å²) >= 11 is 6.26. The lowest BCUT2D eigenvalue weighted by Crippen LogP contribution is -2.39. The Kier molecular flexibility index (Phi) is 8.07. The number of guanidine groups is 1. The first-order chi connectivity index (χ1) is 13.1. The molecule has 0 aliphatic heterocycles.